The Hall–Kier alpha value is -3.79. The molecule has 0 aliphatic heterocycles. The number of hydrogen-bond donors (Lipinski definition) is 9. The molecule has 0 aliphatic rings. The van der Waals surface area contributed by atoms with Crippen LogP contribution in [0.1, 0.15) is 51.4 Å². The number of hydrogen-bond acceptors (Lipinski definition) is 9. The number of carbonyl (C=O) groups excluding carboxylic acids is 4. The van der Waals surface area contributed by atoms with Gasteiger partial charge in [0.25, 0.3) is 0 Å². The van der Waals surface area contributed by atoms with Gasteiger partial charge in [-0.15, -0.1) is 0 Å². The highest BCUT2D eigenvalue weighted by Gasteiger charge is 2.31. The largest absolute Gasteiger partial charge is 0.481 e. The van der Waals surface area contributed by atoms with Gasteiger partial charge in [-0.1, -0.05) is 6.42 Å². The fourth-order valence-electron chi connectivity index (χ4n) is 2.94. The number of nitrogens with two attached hydrogens (primary N) is 3. The molecule has 0 spiro atoms. The van der Waals surface area contributed by atoms with E-state index in [-0.39, 0.29) is 12.8 Å². The number of carboxylic acids is 3. The number of carbonyl (C=O) groups is 7. The molecule has 4 unspecified atom stereocenters. The maximum absolute atomic E-state index is 12.8. The number of aliphatic carboxylic acids is 3. The topological polar surface area (TPSA) is 294 Å². The Morgan fingerprint density at radius 2 is 1.14 bits per heavy atom. The molecule has 0 saturated carbocycles. The Bertz CT molecular complexity index is 821. The minimum Gasteiger partial charge on any atom is -0.481 e. The summed E-state index contributed by atoms with van der Waals surface area (Å²) < 4.78 is 0. The van der Waals surface area contributed by atoms with Crippen LogP contribution in [0.25, 0.3) is 0 Å². The molecule has 12 N–H and O–H groups in total. The molecule has 0 aromatic rings. The Kier molecular flexibility index (Phi) is 15.0. The van der Waals surface area contributed by atoms with Crippen LogP contribution in [0.4, 0.5) is 0 Å². The summed E-state index contributed by atoms with van der Waals surface area (Å²) in [6.07, 6.45) is -1.36. The first-order valence-electron chi connectivity index (χ1n) is 11.1. The highest BCUT2D eigenvalue weighted by Crippen LogP contribution is 2.05. The van der Waals surface area contributed by atoms with E-state index >= 15 is 0 Å². The van der Waals surface area contributed by atoms with Gasteiger partial charge in [0.15, 0.2) is 0 Å². The van der Waals surface area contributed by atoms with E-state index < -0.39 is 91.4 Å². The fraction of sp³-hybridized carbons (Fsp3) is 0.650. The van der Waals surface area contributed by atoms with Crippen LogP contribution in [0.5, 0.6) is 0 Å². The van der Waals surface area contributed by atoms with Crippen molar-refractivity contribution in [1.29, 1.82) is 0 Å². The normalized spacial score (nSPS) is 13.9. The molecule has 0 aromatic carbocycles. The van der Waals surface area contributed by atoms with Crippen LogP contribution in [0.3, 0.4) is 0 Å². The summed E-state index contributed by atoms with van der Waals surface area (Å²) in [5, 5.41) is 33.4. The molecule has 0 aliphatic carbocycles. The number of carboxylic acid groups (broad SMARTS) is 3. The fourth-order valence-corrected chi connectivity index (χ4v) is 2.94. The third kappa shape index (κ3) is 13.8. The monoisotopic (exact) mass is 518 g/mol. The first kappa shape index (κ1) is 32.2. The lowest BCUT2D eigenvalue weighted by Crippen LogP contribution is -2.57. The highest BCUT2D eigenvalue weighted by atomic mass is 16.4. The zero-order valence-corrected chi connectivity index (χ0v) is 19.6. The summed E-state index contributed by atoms with van der Waals surface area (Å²) in [5.41, 5.74) is 16.3. The van der Waals surface area contributed by atoms with Gasteiger partial charge in [0, 0.05) is 12.8 Å². The van der Waals surface area contributed by atoms with Crippen LogP contribution in [0, 0.1) is 0 Å². The summed E-state index contributed by atoms with van der Waals surface area (Å²) in [5.74, 6) is -8.13. The SMILES string of the molecule is NCCCCC(N)C(=O)NC(CCC(=O)O)C(=O)NC(CC(N)=O)C(=O)NC(CCC(=O)O)C(=O)O. The molecule has 204 valence electrons. The standard InChI is InChI=1S/C20H34N6O10/c21-8-2-1-3-10(22)17(32)24-11(4-6-15(28)29)18(33)26-13(9-14(23)27)19(34)25-12(20(35)36)5-7-16(30)31/h10-13H,1-9,21-22H2,(H2,23,27)(H,24,32)(H,25,34)(H,26,33)(H,28,29)(H,30,31)(H,35,36). The zero-order chi connectivity index (χ0) is 27.8. The van der Waals surface area contributed by atoms with Crippen LogP contribution in [-0.4, -0.2) is 87.6 Å². The van der Waals surface area contributed by atoms with Gasteiger partial charge in [-0.2, -0.15) is 0 Å². The van der Waals surface area contributed by atoms with Gasteiger partial charge in [0.2, 0.25) is 23.6 Å². The summed E-state index contributed by atoms with van der Waals surface area (Å²) in [6, 6.07) is -5.81. The third-order valence-electron chi connectivity index (χ3n) is 4.89. The van der Waals surface area contributed by atoms with Crippen molar-refractivity contribution in [2.24, 2.45) is 17.2 Å². The van der Waals surface area contributed by atoms with Crippen LogP contribution in [-0.2, 0) is 33.6 Å². The minimum atomic E-state index is -1.69. The maximum Gasteiger partial charge on any atom is 0.326 e. The number of amides is 4. The van der Waals surface area contributed by atoms with E-state index in [1.807, 2.05) is 5.32 Å². The number of unbranched alkanes of at least 4 members (excludes halogenated alkanes) is 1. The predicted molar refractivity (Wildman–Crippen MR) is 122 cm³/mol. The minimum absolute atomic E-state index is 0.246. The quantitative estimate of drug-likeness (QED) is 0.0755. The molecule has 4 atom stereocenters. The second kappa shape index (κ2) is 16.8. The van der Waals surface area contributed by atoms with E-state index in [0.29, 0.717) is 19.4 Å². The van der Waals surface area contributed by atoms with Gasteiger partial charge in [0.1, 0.15) is 18.1 Å². The van der Waals surface area contributed by atoms with Crippen molar-refractivity contribution in [3.8, 4) is 0 Å². The van der Waals surface area contributed by atoms with Gasteiger partial charge in [-0.05, 0) is 32.2 Å². The van der Waals surface area contributed by atoms with Crippen molar-refractivity contribution in [2.75, 3.05) is 6.54 Å². The lowest BCUT2D eigenvalue weighted by atomic mass is 10.1. The van der Waals surface area contributed by atoms with Crippen molar-refractivity contribution in [1.82, 2.24) is 16.0 Å². The summed E-state index contributed by atoms with van der Waals surface area (Å²) in [7, 11) is 0. The Balaban J connectivity index is 5.53. The molecule has 0 radical (unpaired) electrons. The molecule has 0 rings (SSSR count). The van der Waals surface area contributed by atoms with Crippen LogP contribution in [0.15, 0.2) is 0 Å². The molecule has 16 heteroatoms. The molecule has 36 heavy (non-hydrogen) atoms. The molecule has 0 saturated heterocycles. The number of primary amides is 1. The second-order valence-electron chi connectivity index (χ2n) is 7.95. The highest BCUT2D eigenvalue weighted by molar-refractivity contribution is 5.96. The number of rotatable bonds is 19. The van der Waals surface area contributed by atoms with Gasteiger partial charge in [-0.25, -0.2) is 4.79 Å². The van der Waals surface area contributed by atoms with Gasteiger partial charge < -0.3 is 48.5 Å². The number of nitrogens with one attached hydrogen (secondary N) is 3. The average Bonchev–Trinajstić information content (AvgIpc) is 2.77. The van der Waals surface area contributed by atoms with Gasteiger partial charge >= 0.3 is 17.9 Å². The van der Waals surface area contributed by atoms with Crippen molar-refractivity contribution < 1.29 is 48.9 Å². The lowest BCUT2D eigenvalue weighted by Gasteiger charge is -2.24. The summed E-state index contributed by atoms with van der Waals surface area (Å²) in [6.45, 7) is 0.389. The van der Waals surface area contributed by atoms with E-state index in [9.17, 15) is 38.7 Å². The zero-order valence-electron chi connectivity index (χ0n) is 19.6. The molecule has 0 heterocycles. The van der Waals surface area contributed by atoms with E-state index in [4.69, 9.17) is 27.4 Å². The average molecular weight is 519 g/mol. The Labute approximate surface area is 206 Å². The van der Waals surface area contributed by atoms with E-state index in [0.717, 1.165) is 0 Å². The third-order valence-corrected chi connectivity index (χ3v) is 4.89. The predicted octanol–water partition coefficient (Wildman–Crippen LogP) is -3.41. The van der Waals surface area contributed by atoms with E-state index in [1.165, 1.54) is 0 Å². The molecule has 0 fully saturated rings. The summed E-state index contributed by atoms with van der Waals surface area (Å²) >= 11 is 0. The molecule has 16 nitrogen and oxygen atoms in total. The Morgan fingerprint density at radius 1 is 0.667 bits per heavy atom. The first-order chi connectivity index (χ1) is 16.8. The van der Waals surface area contributed by atoms with Crippen LogP contribution >= 0.6 is 0 Å². The Morgan fingerprint density at radius 3 is 1.61 bits per heavy atom. The lowest BCUT2D eigenvalue weighted by molar-refractivity contribution is -0.143. The maximum atomic E-state index is 12.8. The molecular formula is C20H34N6O10. The van der Waals surface area contributed by atoms with Crippen molar-refractivity contribution >= 4 is 41.5 Å². The summed E-state index contributed by atoms with van der Waals surface area (Å²) in [4.78, 5) is 82.2. The van der Waals surface area contributed by atoms with Crippen LogP contribution < -0.4 is 33.2 Å². The van der Waals surface area contributed by atoms with Crippen molar-refractivity contribution in [2.45, 2.75) is 75.5 Å². The van der Waals surface area contributed by atoms with E-state index in [2.05, 4.69) is 10.6 Å². The van der Waals surface area contributed by atoms with Crippen molar-refractivity contribution in [3.63, 3.8) is 0 Å². The molecule has 0 bridgehead atoms. The van der Waals surface area contributed by atoms with E-state index in [1.54, 1.807) is 0 Å². The molecular weight excluding hydrogens is 484 g/mol. The van der Waals surface area contributed by atoms with Gasteiger partial charge in [-0.3, -0.25) is 28.8 Å². The van der Waals surface area contributed by atoms with Crippen molar-refractivity contribution in [3.05, 3.63) is 0 Å². The molecule has 4 amide bonds. The van der Waals surface area contributed by atoms with Gasteiger partial charge in [0.05, 0.1) is 12.5 Å². The molecule has 0 aromatic heterocycles. The first-order valence-corrected chi connectivity index (χ1v) is 11.1. The second-order valence-corrected chi connectivity index (χ2v) is 7.95. The smallest absolute Gasteiger partial charge is 0.326 e. The van der Waals surface area contributed by atoms with Crippen LogP contribution in [0.2, 0.25) is 0 Å².